The first-order chi connectivity index (χ1) is 18.5. The Hall–Kier alpha value is -3.49. The van der Waals surface area contributed by atoms with Crippen molar-refractivity contribution in [3.05, 3.63) is 35.7 Å². The summed E-state index contributed by atoms with van der Waals surface area (Å²) in [6.45, 7) is 0. The smallest absolute Gasteiger partial charge is 0.404 e. The number of alkyl halides is 1. The van der Waals surface area contributed by atoms with E-state index >= 15 is 4.39 Å². The molecular formula is C24H26ClFN8O4S. The maximum Gasteiger partial charge on any atom is 0.404 e. The quantitative estimate of drug-likeness (QED) is 0.370. The minimum Gasteiger partial charge on any atom is -0.465 e. The van der Waals surface area contributed by atoms with E-state index in [1.54, 1.807) is 30.1 Å². The molecule has 2 bridgehead atoms. The van der Waals surface area contributed by atoms with Gasteiger partial charge >= 0.3 is 16.3 Å². The van der Waals surface area contributed by atoms with Crippen molar-refractivity contribution < 1.29 is 22.7 Å². The van der Waals surface area contributed by atoms with Crippen LogP contribution in [-0.4, -0.2) is 86.0 Å². The molecule has 4 atom stereocenters. The van der Waals surface area contributed by atoms with Crippen LogP contribution in [-0.2, 0) is 17.3 Å². The van der Waals surface area contributed by atoms with Gasteiger partial charge in [-0.2, -0.15) is 17.8 Å². The van der Waals surface area contributed by atoms with Crippen molar-refractivity contribution in [1.29, 1.82) is 0 Å². The van der Waals surface area contributed by atoms with Crippen molar-refractivity contribution in [2.75, 3.05) is 19.0 Å². The van der Waals surface area contributed by atoms with Crippen molar-refractivity contribution >= 4 is 55.8 Å². The molecule has 0 aliphatic carbocycles. The first-order valence-electron chi connectivity index (χ1n) is 12.3. The Morgan fingerprint density at radius 1 is 1.23 bits per heavy atom. The van der Waals surface area contributed by atoms with E-state index in [9.17, 15) is 13.2 Å². The van der Waals surface area contributed by atoms with Crippen molar-refractivity contribution in [3.63, 3.8) is 0 Å². The lowest BCUT2D eigenvalue weighted by atomic mass is 9.95. The van der Waals surface area contributed by atoms with E-state index in [1.165, 1.54) is 26.5 Å². The average molecular weight is 577 g/mol. The third-order valence-electron chi connectivity index (χ3n) is 7.59. The van der Waals surface area contributed by atoms with Crippen LogP contribution in [0.15, 0.2) is 30.7 Å². The summed E-state index contributed by atoms with van der Waals surface area (Å²) in [5.74, 6) is 0.333. The minimum atomic E-state index is -4.01. The van der Waals surface area contributed by atoms with Gasteiger partial charge in [0, 0.05) is 56.1 Å². The number of rotatable bonds is 5. The van der Waals surface area contributed by atoms with Gasteiger partial charge in [0.05, 0.1) is 28.8 Å². The molecule has 2 saturated heterocycles. The van der Waals surface area contributed by atoms with E-state index in [-0.39, 0.29) is 18.1 Å². The average Bonchev–Trinajstić information content (AvgIpc) is 3.55. The predicted octanol–water partition coefficient (Wildman–Crippen LogP) is 3.01. The molecule has 0 radical (unpaired) electrons. The summed E-state index contributed by atoms with van der Waals surface area (Å²) in [6.07, 6.45) is 3.48. The Morgan fingerprint density at radius 3 is 2.72 bits per heavy atom. The van der Waals surface area contributed by atoms with Crippen LogP contribution in [0.3, 0.4) is 0 Å². The summed E-state index contributed by atoms with van der Waals surface area (Å²) in [7, 11) is 0.607. The molecule has 5 heterocycles. The summed E-state index contributed by atoms with van der Waals surface area (Å²) < 4.78 is 45.9. The zero-order chi connectivity index (χ0) is 27.8. The third-order valence-corrected chi connectivity index (χ3v) is 9.69. The van der Waals surface area contributed by atoms with E-state index in [0.29, 0.717) is 51.2 Å². The number of nitrogens with zero attached hydrogens (tertiary/aromatic N) is 7. The van der Waals surface area contributed by atoms with Crippen LogP contribution in [0.25, 0.3) is 33.2 Å². The monoisotopic (exact) mass is 576 g/mol. The Kier molecular flexibility index (Phi) is 5.97. The predicted molar refractivity (Wildman–Crippen MR) is 144 cm³/mol. The van der Waals surface area contributed by atoms with Gasteiger partial charge < -0.3 is 15.3 Å². The molecule has 1 amide bonds. The van der Waals surface area contributed by atoms with Crippen molar-refractivity contribution in [2.45, 2.75) is 43.6 Å². The minimum absolute atomic E-state index is 0.0825. The number of nitrogens with one attached hydrogen (secondary N) is 1. The summed E-state index contributed by atoms with van der Waals surface area (Å²) in [5, 5.41) is 16.9. The second-order valence-electron chi connectivity index (χ2n) is 10.1. The van der Waals surface area contributed by atoms with Gasteiger partial charge in [0.1, 0.15) is 17.5 Å². The highest BCUT2D eigenvalue weighted by Crippen LogP contribution is 2.42. The van der Waals surface area contributed by atoms with E-state index in [4.69, 9.17) is 21.7 Å². The van der Waals surface area contributed by atoms with Crippen LogP contribution >= 0.6 is 11.6 Å². The fraction of sp³-hybridized carbons (Fsp3) is 0.417. The molecule has 206 valence electrons. The Labute approximate surface area is 228 Å². The van der Waals surface area contributed by atoms with Crippen LogP contribution in [0.2, 0.25) is 5.02 Å². The summed E-state index contributed by atoms with van der Waals surface area (Å²) in [6, 6.07) is 1.98. The van der Waals surface area contributed by atoms with E-state index in [0.717, 1.165) is 8.28 Å². The standard InChI is InChI=1S/C24H26ClFN8O4S/c1-31(2)39(37,38)33-11-14(13-5-6-16-15(20(13)25)10-32(3)30-16)22-23(33)29-19(9-27-22)34-12-4-7-18(34)21(26)17(8-12)28-24(35)36/h5-6,9-12,17-18,21,28H,4,7-8H2,1-3H3,(H,35,36)/t12-,17+,18+,21-/m1/s1. The Bertz CT molecular complexity index is 1740. The van der Waals surface area contributed by atoms with Crippen LogP contribution in [0.4, 0.5) is 15.0 Å². The van der Waals surface area contributed by atoms with Gasteiger partial charge in [0.25, 0.3) is 0 Å². The molecule has 39 heavy (non-hydrogen) atoms. The lowest BCUT2D eigenvalue weighted by Gasteiger charge is -2.41. The number of fused-ring (bicyclic) bond motifs is 4. The van der Waals surface area contributed by atoms with Crippen LogP contribution < -0.4 is 10.2 Å². The lowest BCUT2D eigenvalue weighted by molar-refractivity contribution is 0.152. The van der Waals surface area contributed by atoms with Crippen molar-refractivity contribution in [3.8, 4) is 11.1 Å². The molecule has 0 saturated carbocycles. The number of aromatic nitrogens is 5. The van der Waals surface area contributed by atoms with Crippen LogP contribution in [0, 0.1) is 0 Å². The molecule has 4 aromatic rings. The molecule has 12 nitrogen and oxygen atoms in total. The van der Waals surface area contributed by atoms with Crippen molar-refractivity contribution in [2.24, 2.45) is 7.05 Å². The molecular weight excluding hydrogens is 551 g/mol. The molecule has 0 spiro atoms. The lowest BCUT2D eigenvalue weighted by Crippen LogP contribution is -2.58. The number of piperidine rings is 1. The highest BCUT2D eigenvalue weighted by Gasteiger charge is 2.49. The Morgan fingerprint density at radius 2 is 2.00 bits per heavy atom. The normalized spacial score (nSPS) is 23.3. The molecule has 2 aliphatic heterocycles. The molecule has 15 heteroatoms. The second kappa shape index (κ2) is 9.03. The molecule has 2 aliphatic rings. The van der Waals surface area contributed by atoms with Gasteiger partial charge in [0.15, 0.2) is 5.65 Å². The number of aryl methyl sites for hydroxylation is 1. The number of amides is 1. The number of carbonyl (C=O) groups is 1. The second-order valence-corrected chi connectivity index (χ2v) is 12.5. The van der Waals surface area contributed by atoms with Gasteiger partial charge in [-0.05, 0) is 25.3 Å². The number of carboxylic acid groups (broad SMARTS) is 1. The topological polar surface area (TPSA) is 138 Å². The summed E-state index contributed by atoms with van der Waals surface area (Å²) >= 11 is 6.77. The first kappa shape index (κ1) is 25.8. The van der Waals surface area contributed by atoms with E-state index in [1.807, 2.05) is 4.90 Å². The molecule has 1 aromatic carbocycles. The highest BCUT2D eigenvalue weighted by atomic mass is 35.5. The number of benzene rings is 1. The number of hydrogen-bond donors (Lipinski definition) is 2. The van der Waals surface area contributed by atoms with Crippen molar-refractivity contribution in [1.82, 2.24) is 33.3 Å². The summed E-state index contributed by atoms with van der Waals surface area (Å²) in [5.41, 5.74) is 2.14. The largest absolute Gasteiger partial charge is 0.465 e. The van der Waals surface area contributed by atoms with Gasteiger partial charge in [-0.25, -0.2) is 23.1 Å². The molecule has 6 rings (SSSR count). The molecule has 2 N–H and O–H groups in total. The number of anilines is 1. The number of halogens is 2. The number of hydrogen-bond acceptors (Lipinski definition) is 7. The Balaban J connectivity index is 1.50. The summed E-state index contributed by atoms with van der Waals surface area (Å²) in [4.78, 5) is 22.3. The van der Waals surface area contributed by atoms with E-state index in [2.05, 4.69) is 15.4 Å². The maximum atomic E-state index is 15.4. The zero-order valence-corrected chi connectivity index (χ0v) is 22.9. The van der Waals surface area contributed by atoms with E-state index < -0.39 is 34.6 Å². The van der Waals surface area contributed by atoms with Gasteiger partial charge in [0.2, 0.25) is 0 Å². The molecule has 0 unspecified atom stereocenters. The fourth-order valence-corrected chi connectivity index (χ4v) is 7.06. The fourth-order valence-electron chi connectivity index (χ4n) is 5.81. The van der Waals surface area contributed by atoms with Gasteiger partial charge in [-0.1, -0.05) is 17.7 Å². The van der Waals surface area contributed by atoms with Crippen LogP contribution in [0.5, 0.6) is 0 Å². The third kappa shape index (κ3) is 4.00. The first-order valence-corrected chi connectivity index (χ1v) is 14.1. The maximum absolute atomic E-state index is 15.4. The van der Waals surface area contributed by atoms with Gasteiger partial charge in [-0.15, -0.1) is 0 Å². The highest BCUT2D eigenvalue weighted by molar-refractivity contribution is 7.87. The SMILES string of the molecule is CN(C)S(=O)(=O)n1cc(-c2ccc3nn(C)cc3c2Cl)c2ncc(N3[C@@H]4CC[C@H]3[C@H](F)[C@@H](NC(=O)O)C4)nc21. The molecule has 2 fully saturated rings. The van der Waals surface area contributed by atoms with Gasteiger partial charge in [-0.3, -0.25) is 4.68 Å². The van der Waals surface area contributed by atoms with Crippen LogP contribution in [0.1, 0.15) is 19.3 Å². The molecule has 3 aromatic heterocycles. The zero-order valence-electron chi connectivity index (χ0n) is 21.3.